The van der Waals surface area contributed by atoms with Crippen LogP contribution in [0.15, 0.2) is 0 Å². The van der Waals surface area contributed by atoms with Crippen LogP contribution in [-0.4, -0.2) is 73.2 Å². The summed E-state index contributed by atoms with van der Waals surface area (Å²) in [5.41, 5.74) is 5.42. The average Bonchev–Trinajstić information content (AvgIpc) is 2.52. The molecule has 0 aromatic heterocycles. The summed E-state index contributed by atoms with van der Waals surface area (Å²) in [6.07, 6.45) is 0.830. The van der Waals surface area contributed by atoms with Crippen molar-refractivity contribution in [3.8, 4) is 0 Å². The minimum absolute atomic E-state index is 0.103. The summed E-state index contributed by atoms with van der Waals surface area (Å²) in [4.78, 5) is 38.3. The van der Waals surface area contributed by atoms with Crippen molar-refractivity contribution in [2.24, 2.45) is 5.73 Å². The maximum atomic E-state index is 12.0. The van der Waals surface area contributed by atoms with Crippen molar-refractivity contribution >= 4 is 18.0 Å². The van der Waals surface area contributed by atoms with Crippen LogP contribution in [0.1, 0.15) is 26.7 Å². The fraction of sp³-hybridized carbons (Fsp3) is 0.786. The summed E-state index contributed by atoms with van der Waals surface area (Å²) >= 11 is 0. The van der Waals surface area contributed by atoms with E-state index in [0.29, 0.717) is 32.5 Å². The molecule has 1 heterocycles. The van der Waals surface area contributed by atoms with Gasteiger partial charge in [0.2, 0.25) is 5.91 Å². The topological polar surface area (TPSA) is 102 Å². The first-order chi connectivity index (χ1) is 10.5. The van der Waals surface area contributed by atoms with Crippen LogP contribution in [0, 0.1) is 0 Å². The molecule has 1 saturated heterocycles. The molecular weight excluding hydrogens is 290 g/mol. The minimum atomic E-state index is -0.447. The predicted molar refractivity (Wildman–Crippen MR) is 79.0 cm³/mol. The smallest absolute Gasteiger partial charge is 0.409 e. The molecule has 22 heavy (non-hydrogen) atoms. The number of esters is 1. The molecule has 0 saturated carbocycles. The fourth-order valence-electron chi connectivity index (χ4n) is 2.46. The highest BCUT2D eigenvalue weighted by atomic mass is 16.6. The summed E-state index contributed by atoms with van der Waals surface area (Å²) in [6, 6.07) is -0.119. The maximum Gasteiger partial charge on any atom is 0.409 e. The van der Waals surface area contributed by atoms with E-state index in [1.165, 1.54) is 4.90 Å². The van der Waals surface area contributed by atoms with Crippen LogP contribution in [0.25, 0.3) is 0 Å². The Bertz CT molecular complexity index is 394. The zero-order valence-electron chi connectivity index (χ0n) is 13.2. The number of carbonyl (C=O) groups excluding carboxylic acids is 3. The van der Waals surface area contributed by atoms with Gasteiger partial charge in [0.05, 0.1) is 19.8 Å². The van der Waals surface area contributed by atoms with E-state index in [-0.39, 0.29) is 37.7 Å². The Morgan fingerprint density at radius 1 is 1.14 bits per heavy atom. The van der Waals surface area contributed by atoms with Crippen LogP contribution in [0.3, 0.4) is 0 Å². The standard InChI is InChI=1S/C14H25N3O5/c1-3-21-13(19)10-17(12(18)9-15)11-5-7-16(8-6-11)14(20)22-4-2/h11H,3-10,15H2,1-2H3. The molecule has 2 N–H and O–H groups in total. The van der Waals surface area contributed by atoms with Gasteiger partial charge in [-0.2, -0.15) is 0 Å². The van der Waals surface area contributed by atoms with Gasteiger partial charge in [-0.3, -0.25) is 9.59 Å². The Kier molecular flexibility index (Phi) is 7.65. The molecule has 2 amide bonds. The van der Waals surface area contributed by atoms with Crippen LogP contribution >= 0.6 is 0 Å². The van der Waals surface area contributed by atoms with Crippen molar-refractivity contribution in [2.75, 3.05) is 39.4 Å². The number of piperidine rings is 1. The summed E-state index contributed by atoms with van der Waals surface area (Å²) in [5, 5.41) is 0. The molecule has 0 radical (unpaired) electrons. The molecule has 0 aliphatic carbocycles. The van der Waals surface area contributed by atoms with Crippen molar-refractivity contribution in [2.45, 2.75) is 32.7 Å². The molecule has 0 spiro atoms. The van der Waals surface area contributed by atoms with E-state index < -0.39 is 5.97 Å². The Morgan fingerprint density at radius 2 is 1.73 bits per heavy atom. The molecule has 1 aliphatic heterocycles. The van der Waals surface area contributed by atoms with Crippen LogP contribution in [-0.2, 0) is 19.1 Å². The van der Waals surface area contributed by atoms with Gasteiger partial charge in [0.15, 0.2) is 0 Å². The Hall–Kier alpha value is -1.83. The molecule has 0 bridgehead atoms. The Labute approximate surface area is 130 Å². The fourth-order valence-corrected chi connectivity index (χ4v) is 2.46. The minimum Gasteiger partial charge on any atom is -0.465 e. The third-order valence-corrected chi connectivity index (χ3v) is 3.53. The summed E-state index contributed by atoms with van der Waals surface area (Å²) in [7, 11) is 0. The lowest BCUT2D eigenvalue weighted by atomic mass is 10.0. The van der Waals surface area contributed by atoms with Crippen LogP contribution in [0.4, 0.5) is 4.79 Å². The first kappa shape index (κ1) is 18.2. The molecule has 0 aromatic rings. The SMILES string of the molecule is CCOC(=O)CN(C(=O)CN)C1CCN(C(=O)OCC)CC1. The van der Waals surface area contributed by atoms with Gasteiger partial charge in [0.25, 0.3) is 0 Å². The van der Waals surface area contributed by atoms with Crippen molar-refractivity contribution in [3.05, 3.63) is 0 Å². The molecule has 8 heteroatoms. The summed E-state index contributed by atoms with van der Waals surface area (Å²) in [6.45, 7) is 4.79. The molecule has 1 fully saturated rings. The summed E-state index contributed by atoms with van der Waals surface area (Å²) < 4.78 is 9.85. The normalized spacial score (nSPS) is 15.3. The number of ether oxygens (including phenoxy) is 2. The van der Waals surface area contributed by atoms with Gasteiger partial charge in [0.1, 0.15) is 6.54 Å². The van der Waals surface area contributed by atoms with Crippen LogP contribution < -0.4 is 5.73 Å². The third kappa shape index (κ3) is 5.18. The second kappa shape index (κ2) is 9.24. The van der Waals surface area contributed by atoms with Gasteiger partial charge < -0.3 is 25.0 Å². The quantitative estimate of drug-likeness (QED) is 0.690. The number of nitrogens with two attached hydrogens (primary N) is 1. The highest BCUT2D eigenvalue weighted by molar-refractivity contribution is 5.83. The number of nitrogens with zero attached hydrogens (tertiary/aromatic N) is 2. The van der Waals surface area contributed by atoms with Crippen molar-refractivity contribution < 1.29 is 23.9 Å². The Balaban J connectivity index is 2.60. The molecule has 0 aromatic carbocycles. The lowest BCUT2D eigenvalue weighted by Gasteiger charge is -2.37. The highest BCUT2D eigenvalue weighted by Crippen LogP contribution is 2.17. The van der Waals surface area contributed by atoms with E-state index in [2.05, 4.69) is 0 Å². The van der Waals surface area contributed by atoms with Gasteiger partial charge in [-0.25, -0.2) is 4.79 Å². The molecule has 0 atom stereocenters. The van der Waals surface area contributed by atoms with E-state index in [0.717, 1.165) is 0 Å². The third-order valence-electron chi connectivity index (χ3n) is 3.53. The van der Waals surface area contributed by atoms with E-state index >= 15 is 0 Å². The van der Waals surface area contributed by atoms with Gasteiger partial charge in [-0.1, -0.05) is 0 Å². The predicted octanol–water partition coefficient (Wildman–Crippen LogP) is -0.0423. The van der Waals surface area contributed by atoms with Crippen LogP contribution in [0.5, 0.6) is 0 Å². The lowest BCUT2D eigenvalue weighted by Crippen LogP contribution is -2.52. The number of hydrogen-bond donors (Lipinski definition) is 1. The van der Waals surface area contributed by atoms with E-state index in [9.17, 15) is 14.4 Å². The Morgan fingerprint density at radius 3 is 2.23 bits per heavy atom. The van der Waals surface area contributed by atoms with E-state index in [4.69, 9.17) is 15.2 Å². The largest absolute Gasteiger partial charge is 0.465 e. The van der Waals surface area contributed by atoms with Gasteiger partial charge in [0, 0.05) is 19.1 Å². The number of hydrogen-bond acceptors (Lipinski definition) is 6. The van der Waals surface area contributed by atoms with Gasteiger partial charge in [-0.15, -0.1) is 0 Å². The second-order valence-corrected chi connectivity index (χ2v) is 4.95. The molecule has 126 valence electrons. The highest BCUT2D eigenvalue weighted by Gasteiger charge is 2.31. The van der Waals surface area contributed by atoms with E-state index in [1.807, 2.05) is 0 Å². The van der Waals surface area contributed by atoms with Gasteiger partial charge in [-0.05, 0) is 26.7 Å². The van der Waals surface area contributed by atoms with Crippen molar-refractivity contribution in [3.63, 3.8) is 0 Å². The monoisotopic (exact) mass is 315 g/mol. The molecule has 1 aliphatic rings. The number of rotatable bonds is 6. The second-order valence-electron chi connectivity index (χ2n) is 4.95. The lowest BCUT2D eigenvalue weighted by molar-refractivity contribution is -0.150. The number of carbonyl (C=O) groups is 3. The zero-order valence-corrected chi connectivity index (χ0v) is 13.2. The van der Waals surface area contributed by atoms with Crippen molar-refractivity contribution in [1.82, 2.24) is 9.80 Å². The molecule has 0 unspecified atom stereocenters. The molecule has 1 rings (SSSR count). The van der Waals surface area contributed by atoms with Crippen molar-refractivity contribution in [1.29, 1.82) is 0 Å². The van der Waals surface area contributed by atoms with Crippen LogP contribution in [0.2, 0.25) is 0 Å². The number of likely N-dealkylation sites (tertiary alicyclic amines) is 1. The van der Waals surface area contributed by atoms with Gasteiger partial charge >= 0.3 is 12.1 Å². The van der Waals surface area contributed by atoms with E-state index in [1.54, 1.807) is 18.7 Å². The molecular formula is C14H25N3O5. The first-order valence-corrected chi connectivity index (χ1v) is 7.60. The molecule has 8 nitrogen and oxygen atoms in total. The summed E-state index contributed by atoms with van der Waals surface area (Å²) in [5.74, 6) is -0.736. The average molecular weight is 315 g/mol. The first-order valence-electron chi connectivity index (χ1n) is 7.60. The maximum absolute atomic E-state index is 12.0. The number of amides is 2. The zero-order chi connectivity index (χ0) is 16.5.